The maximum atomic E-state index is 12.4. The minimum absolute atomic E-state index is 0.711. The lowest BCUT2D eigenvalue weighted by Gasteiger charge is -1.97. The second kappa shape index (κ2) is 2.93. The van der Waals surface area contributed by atoms with Gasteiger partial charge in [-0.1, -0.05) is 39.6 Å². The van der Waals surface area contributed by atoms with Gasteiger partial charge in [0.2, 0.25) is 0 Å². The van der Waals surface area contributed by atoms with Crippen molar-refractivity contribution < 1.29 is 4.39 Å². The molecule has 2 heteroatoms. The van der Waals surface area contributed by atoms with Crippen molar-refractivity contribution in [3.8, 4) is 0 Å². The normalized spacial score (nSPS) is 13.1. The molecule has 2 atom stereocenters. The van der Waals surface area contributed by atoms with Gasteiger partial charge in [-0.25, -0.2) is 4.39 Å². The van der Waals surface area contributed by atoms with E-state index in [9.17, 15) is 4.39 Å². The van der Waals surface area contributed by atoms with E-state index in [1.54, 1.807) is 12.1 Å². The van der Waals surface area contributed by atoms with Crippen LogP contribution in [0.5, 0.6) is 0 Å². The lowest BCUT2D eigenvalue weighted by molar-refractivity contribution is 0.469. The van der Waals surface area contributed by atoms with Crippen LogP contribution in [0.2, 0.25) is 0 Å². The van der Waals surface area contributed by atoms with E-state index in [2.05, 4.69) is 9.24 Å². The van der Waals surface area contributed by atoms with Crippen molar-refractivity contribution in [1.82, 2.24) is 0 Å². The molecule has 0 saturated heterocycles. The molecule has 0 bridgehead atoms. The van der Waals surface area contributed by atoms with E-state index in [-0.39, 0.29) is 0 Å². The molecule has 0 saturated carbocycles. The van der Waals surface area contributed by atoms with E-state index in [0.29, 0.717) is 5.56 Å². The Bertz CT molecular complexity index is 172. The summed E-state index contributed by atoms with van der Waals surface area (Å²) in [4.78, 5) is 0. The molecule has 9 heavy (non-hydrogen) atoms. The number of benzene rings is 1. The average Bonchev–Trinajstić information content (AvgIpc) is 1.90. The van der Waals surface area contributed by atoms with Crippen LogP contribution in [-0.2, 0) is 0 Å². The highest BCUT2D eigenvalue weighted by Crippen LogP contribution is 2.22. The summed E-state index contributed by atoms with van der Waals surface area (Å²) in [7, 11) is 2.11. The molecule has 1 rings (SSSR count). The third-order valence-electron chi connectivity index (χ3n) is 1.12. The molecule has 0 nitrogen and oxygen atoms in total. The third-order valence-corrected chi connectivity index (χ3v) is 1.50. The van der Waals surface area contributed by atoms with Gasteiger partial charge in [-0.15, -0.1) is 0 Å². The molecule has 0 spiro atoms. The van der Waals surface area contributed by atoms with E-state index < -0.39 is 5.91 Å². The van der Waals surface area contributed by atoms with E-state index in [4.69, 9.17) is 0 Å². The number of rotatable bonds is 1. The first kappa shape index (κ1) is 6.70. The fraction of sp³-hybridized carbons (Fsp3) is 0.143. The smallest absolute Gasteiger partial charge is 0.138 e. The Morgan fingerprint density at radius 1 is 1.22 bits per heavy atom. The van der Waals surface area contributed by atoms with Crippen LogP contribution in [0.3, 0.4) is 0 Å². The van der Waals surface area contributed by atoms with Crippen molar-refractivity contribution in [3.63, 3.8) is 0 Å². The Labute approximate surface area is 56.3 Å². The van der Waals surface area contributed by atoms with E-state index >= 15 is 0 Å². The van der Waals surface area contributed by atoms with Gasteiger partial charge >= 0.3 is 0 Å². The van der Waals surface area contributed by atoms with Crippen LogP contribution < -0.4 is 0 Å². The summed E-state index contributed by atoms with van der Waals surface area (Å²) in [6.45, 7) is 0. The van der Waals surface area contributed by atoms with Crippen molar-refractivity contribution in [2.75, 3.05) is 0 Å². The first-order valence-corrected chi connectivity index (χ1v) is 3.42. The first-order chi connectivity index (χ1) is 4.30. The van der Waals surface area contributed by atoms with E-state index in [1.807, 2.05) is 18.2 Å². The number of halogens is 1. The lowest BCUT2D eigenvalue weighted by atomic mass is 10.2. The minimum atomic E-state index is -0.925. The molecule has 0 aliphatic carbocycles. The predicted molar refractivity (Wildman–Crippen MR) is 40.0 cm³/mol. The molecular formula is C7H8FP. The minimum Gasteiger partial charge on any atom is -0.238 e. The molecule has 1 aromatic rings. The summed E-state index contributed by atoms with van der Waals surface area (Å²) in [6.07, 6.45) is 0. The number of alkyl halides is 1. The first-order valence-electron chi connectivity index (χ1n) is 2.75. The van der Waals surface area contributed by atoms with Gasteiger partial charge < -0.3 is 0 Å². The fourth-order valence-electron chi connectivity index (χ4n) is 0.637. The number of hydrogen-bond acceptors (Lipinski definition) is 0. The number of hydrogen-bond donors (Lipinski definition) is 0. The van der Waals surface area contributed by atoms with Crippen LogP contribution in [0.25, 0.3) is 0 Å². The zero-order chi connectivity index (χ0) is 6.69. The topological polar surface area (TPSA) is 0 Å². The fourth-order valence-corrected chi connectivity index (χ4v) is 0.859. The predicted octanol–water partition coefficient (Wildman–Crippen LogP) is 2.53. The summed E-state index contributed by atoms with van der Waals surface area (Å²) in [5.74, 6) is -0.925. The van der Waals surface area contributed by atoms with Gasteiger partial charge in [-0.2, -0.15) is 0 Å². The van der Waals surface area contributed by atoms with Gasteiger partial charge in [0.05, 0.1) is 0 Å². The Kier molecular flexibility index (Phi) is 2.18. The summed E-state index contributed by atoms with van der Waals surface area (Å²) in [5, 5.41) is 0. The van der Waals surface area contributed by atoms with Crippen molar-refractivity contribution in [3.05, 3.63) is 35.9 Å². The maximum absolute atomic E-state index is 12.4. The van der Waals surface area contributed by atoms with E-state index in [0.717, 1.165) is 0 Å². The van der Waals surface area contributed by atoms with Crippen LogP contribution in [0.15, 0.2) is 30.3 Å². The lowest BCUT2D eigenvalue weighted by Crippen LogP contribution is -1.77. The van der Waals surface area contributed by atoms with Crippen LogP contribution in [0.1, 0.15) is 11.5 Å². The average molecular weight is 142 g/mol. The van der Waals surface area contributed by atoms with Gasteiger partial charge in [-0.3, -0.25) is 0 Å². The second-order valence-electron chi connectivity index (χ2n) is 1.81. The van der Waals surface area contributed by atoms with Crippen LogP contribution in [0, 0.1) is 0 Å². The Balaban J connectivity index is 2.85. The standard InChI is InChI=1S/C7H8FP/c8-7(9)6-4-2-1-3-5-6/h1-5,7H,9H2. The quantitative estimate of drug-likeness (QED) is 0.528. The molecule has 0 aliphatic heterocycles. The molecule has 1 aromatic carbocycles. The second-order valence-corrected chi connectivity index (χ2v) is 2.40. The molecule has 0 radical (unpaired) electrons. The maximum Gasteiger partial charge on any atom is 0.138 e. The summed E-state index contributed by atoms with van der Waals surface area (Å²) in [5.41, 5.74) is 0.711. The zero-order valence-electron chi connectivity index (χ0n) is 4.92. The monoisotopic (exact) mass is 142 g/mol. The van der Waals surface area contributed by atoms with Gasteiger partial charge in [0.15, 0.2) is 0 Å². The van der Waals surface area contributed by atoms with Crippen molar-refractivity contribution in [1.29, 1.82) is 0 Å². The van der Waals surface area contributed by atoms with Crippen molar-refractivity contribution in [2.24, 2.45) is 0 Å². The molecule has 0 fully saturated rings. The van der Waals surface area contributed by atoms with Crippen LogP contribution >= 0.6 is 9.24 Å². The molecule has 0 aliphatic rings. The SMILES string of the molecule is FC(P)c1ccccc1. The zero-order valence-corrected chi connectivity index (χ0v) is 6.07. The Morgan fingerprint density at radius 3 is 2.11 bits per heavy atom. The summed E-state index contributed by atoms with van der Waals surface area (Å²) < 4.78 is 12.4. The highest BCUT2D eigenvalue weighted by molar-refractivity contribution is 7.16. The molecule has 48 valence electrons. The molecule has 0 heterocycles. The molecule has 0 amide bonds. The highest BCUT2D eigenvalue weighted by atomic mass is 31.0. The third kappa shape index (κ3) is 1.76. The summed E-state index contributed by atoms with van der Waals surface area (Å²) >= 11 is 0. The van der Waals surface area contributed by atoms with Gasteiger partial charge in [0, 0.05) is 0 Å². The van der Waals surface area contributed by atoms with E-state index in [1.165, 1.54) is 0 Å². The van der Waals surface area contributed by atoms with Gasteiger partial charge in [-0.05, 0) is 5.56 Å². The Morgan fingerprint density at radius 2 is 1.78 bits per heavy atom. The molecular weight excluding hydrogens is 134 g/mol. The Hall–Kier alpha value is -0.420. The van der Waals surface area contributed by atoms with Crippen LogP contribution in [0.4, 0.5) is 4.39 Å². The van der Waals surface area contributed by atoms with Gasteiger partial charge in [0.1, 0.15) is 5.91 Å². The molecule has 0 aromatic heterocycles. The largest absolute Gasteiger partial charge is 0.238 e. The van der Waals surface area contributed by atoms with Crippen LogP contribution in [-0.4, -0.2) is 0 Å². The van der Waals surface area contributed by atoms with Crippen molar-refractivity contribution in [2.45, 2.75) is 5.91 Å². The van der Waals surface area contributed by atoms with Crippen molar-refractivity contribution >= 4 is 9.24 Å². The van der Waals surface area contributed by atoms with Gasteiger partial charge in [0.25, 0.3) is 0 Å². The summed E-state index contributed by atoms with van der Waals surface area (Å²) in [6, 6.07) is 9.05. The molecule has 0 N–H and O–H groups in total. The highest BCUT2D eigenvalue weighted by Gasteiger charge is 1.97. The molecule has 2 unspecified atom stereocenters.